The minimum atomic E-state index is 0.0818. The van der Waals surface area contributed by atoms with Crippen LogP contribution >= 0.6 is 0 Å². The zero-order chi connectivity index (χ0) is 17.9. The van der Waals surface area contributed by atoms with Crippen molar-refractivity contribution < 1.29 is 4.79 Å². The van der Waals surface area contributed by atoms with Gasteiger partial charge in [0.25, 0.3) is 0 Å². The highest BCUT2D eigenvalue weighted by Crippen LogP contribution is 2.36. The molecule has 136 valence electrons. The standard InChI is InChI=1S/C22H27N3O/c1-24(22(26)21-16-17-6-2-3-8-20(17)21)19-10-14-25(15-11-19)13-9-18-7-4-5-12-23-18/h2-8,12,19,21H,9-11,13-16H2,1H3. The van der Waals surface area contributed by atoms with Gasteiger partial charge in [-0.25, -0.2) is 0 Å². The number of carbonyl (C=O) groups excluding carboxylic acids is 1. The number of benzene rings is 1. The van der Waals surface area contributed by atoms with Crippen molar-refractivity contribution in [2.75, 3.05) is 26.7 Å². The monoisotopic (exact) mass is 349 g/mol. The van der Waals surface area contributed by atoms with Gasteiger partial charge in [-0.15, -0.1) is 0 Å². The molecule has 26 heavy (non-hydrogen) atoms. The highest BCUT2D eigenvalue weighted by atomic mass is 16.2. The zero-order valence-corrected chi connectivity index (χ0v) is 15.5. The second-order valence-electron chi connectivity index (χ2n) is 7.55. The largest absolute Gasteiger partial charge is 0.342 e. The van der Waals surface area contributed by atoms with Gasteiger partial charge in [0.2, 0.25) is 5.91 Å². The Morgan fingerprint density at radius 3 is 2.65 bits per heavy atom. The molecule has 4 rings (SSSR count). The lowest BCUT2D eigenvalue weighted by Gasteiger charge is -2.40. The molecular formula is C22H27N3O. The lowest BCUT2D eigenvalue weighted by molar-refractivity contribution is -0.135. The molecule has 2 aliphatic rings. The summed E-state index contributed by atoms with van der Waals surface area (Å²) >= 11 is 0. The SMILES string of the molecule is CN(C(=O)C1Cc2ccccc21)C1CCN(CCc2ccccn2)CC1. The molecule has 0 N–H and O–H groups in total. The van der Waals surface area contributed by atoms with Crippen molar-refractivity contribution in [3.8, 4) is 0 Å². The Morgan fingerprint density at radius 2 is 1.92 bits per heavy atom. The number of carbonyl (C=O) groups is 1. The van der Waals surface area contributed by atoms with Gasteiger partial charge in [-0.3, -0.25) is 9.78 Å². The molecule has 1 fully saturated rings. The minimum absolute atomic E-state index is 0.0818. The van der Waals surface area contributed by atoms with Crippen molar-refractivity contribution >= 4 is 5.91 Å². The number of hydrogen-bond donors (Lipinski definition) is 0. The minimum Gasteiger partial charge on any atom is -0.342 e. The fourth-order valence-electron chi connectivity index (χ4n) is 4.25. The summed E-state index contributed by atoms with van der Waals surface area (Å²) in [6.45, 7) is 3.18. The summed E-state index contributed by atoms with van der Waals surface area (Å²) in [5.41, 5.74) is 3.73. The van der Waals surface area contributed by atoms with Crippen molar-refractivity contribution in [3.63, 3.8) is 0 Å². The molecule has 1 aromatic carbocycles. The van der Waals surface area contributed by atoms with E-state index in [1.54, 1.807) is 0 Å². The number of piperidine rings is 1. The average Bonchev–Trinajstić information content (AvgIpc) is 2.68. The first-order valence-electron chi connectivity index (χ1n) is 9.69. The molecule has 4 nitrogen and oxygen atoms in total. The van der Waals surface area contributed by atoms with E-state index in [1.807, 2.05) is 36.3 Å². The summed E-state index contributed by atoms with van der Waals surface area (Å²) in [5, 5.41) is 0. The van der Waals surface area contributed by atoms with Crippen molar-refractivity contribution in [1.29, 1.82) is 0 Å². The van der Waals surface area contributed by atoms with E-state index in [1.165, 1.54) is 11.1 Å². The predicted octanol–water partition coefficient (Wildman–Crippen LogP) is 2.89. The third-order valence-electron chi connectivity index (χ3n) is 6.02. The summed E-state index contributed by atoms with van der Waals surface area (Å²) in [6, 6.07) is 14.8. The van der Waals surface area contributed by atoms with Gasteiger partial charge in [0.05, 0.1) is 5.92 Å². The first-order valence-corrected chi connectivity index (χ1v) is 9.69. The molecule has 0 saturated carbocycles. The number of nitrogens with zero attached hydrogens (tertiary/aromatic N) is 3. The van der Waals surface area contributed by atoms with E-state index in [4.69, 9.17) is 0 Å². The van der Waals surface area contributed by atoms with Gasteiger partial charge >= 0.3 is 0 Å². The molecule has 0 bridgehead atoms. The molecule has 0 spiro atoms. The maximum atomic E-state index is 12.9. The lowest BCUT2D eigenvalue weighted by atomic mass is 9.76. The number of likely N-dealkylation sites (N-methyl/N-ethyl adjacent to an activating group) is 1. The molecule has 1 amide bonds. The first-order chi connectivity index (χ1) is 12.7. The fraction of sp³-hybridized carbons (Fsp3) is 0.455. The average molecular weight is 349 g/mol. The molecule has 2 aromatic rings. The zero-order valence-electron chi connectivity index (χ0n) is 15.5. The third kappa shape index (κ3) is 3.51. The highest BCUT2D eigenvalue weighted by Gasteiger charge is 2.36. The molecule has 2 heterocycles. The van der Waals surface area contributed by atoms with Crippen LogP contribution in [0.5, 0.6) is 0 Å². The van der Waals surface area contributed by atoms with Crippen LogP contribution in [0.4, 0.5) is 0 Å². The molecule has 4 heteroatoms. The van der Waals surface area contributed by atoms with Crippen LogP contribution in [0.3, 0.4) is 0 Å². The van der Waals surface area contributed by atoms with Crippen LogP contribution in [0.25, 0.3) is 0 Å². The van der Waals surface area contributed by atoms with E-state index in [-0.39, 0.29) is 5.92 Å². The van der Waals surface area contributed by atoms with Crippen LogP contribution in [0.1, 0.15) is 35.6 Å². The van der Waals surface area contributed by atoms with Crippen LogP contribution < -0.4 is 0 Å². The Hall–Kier alpha value is -2.20. The van der Waals surface area contributed by atoms with Crippen LogP contribution in [-0.4, -0.2) is 53.4 Å². The Labute approximate surface area is 155 Å². The third-order valence-corrected chi connectivity index (χ3v) is 6.02. The van der Waals surface area contributed by atoms with E-state index in [0.29, 0.717) is 11.9 Å². The van der Waals surface area contributed by atoms with Gasteiger partial charge in [0.15, 0.2) is 0 Å². The molecule has 1 aromatic heterocycles. The quantitative estimate of drug-likeness (QED) is 0.833. The molecule has 1 atom stereocenters. The molecule has 1 saturated heterocycles. The van der Waals surface area contributed by atoms with Gasteiger partial charge in [-0.05, 0) is 42.5 Å². The summed E-state index contributed by atoms with van der Waals surface area (Å²) in [6.07, 6.45) is 5.90. The maximum Gasteiger partial charge on any atom is 0.230 e. The summed E-state index contributed by atoms with van der Waals surface area (Å²) in [7, 11) is 2.00. The van der Waals surface area contributed by atoms with Crippen molar-refractivity contribution in [2.24, 2.45) is 0 Å². The second kappa shape index (κ2) is 7.58. The number of amides is 1. The van der Waals surface area contributed by atoms with Gasteiger partial charge in [0, 0.05) is 51.0 Å². The van der Waals surface area contributed by atoms with Gasteiger partial charge in [-0.2, -0.15) is 0 Å². The van der Waals surface area contributed by atoms with E-state index in [2.05, 4.69) is 34.1 Å². The normalized spacial score (nSPS) is 20.3. The number of rotatable bonds is 5. The molecule has 0 radical (unpaired) electrons. The van der Waals surface area contributed by atoms with Crippen LogP contribution in [0.15, 0.2) is 48.7 Å². The summed E-state index contributed by atoms with van der Waals surface area (Å²) in [4.78, 5) is 21.8. The number of aromatic nitrogens is 1. The Kier molecular flexibility index (Phi) is 5.02. The highest BCUT2D eigenvalue weighted by molar-refractivity contribution is 5.87. The molecule has 1 aliphatic heterocycles. The van der Waals surface area contributed by atoms with E-state index in [9.17, 15) is 4.79 Å². The van der Waals surface area contributed by atoms with Crippen LogP contribution in [0.2, 0.25) is 0 Å². The second-order valence-corrected chi connectivity index (χ2v) is 7.55. The Bertz CT molecular complexity index is 753. The first kappa shape index (κ1) is 17.2. The lowest BCUT2D eigenvalue weighted by Crippen LogP contribution is -2.48. The number of fused-ring (bicyclic) bond motifs is 1. The van der Waals surface area contributed by atoms with E-state index >= 15 is 0 Å². The predicted molar refractivity (Wildman–Crippen MR) is 103 cm³/mol. The smallest absolute Gasteiger partial charge is 0.230 e. The van der Waals surface area contributed by atoms with Gasteiger partial charge in [0.1, 0.15) is 0 Å². The van der Waals surface area contributed by atoms with Crippen LogP contribution in [0, 0.1) is 0 Å². The summed E-state index contributed by atoms with van der Waals surface area (Å²) < 4.78 is 0. The van der Waals surface area contributed by atoms with E-state index in [0.717, 1.165) is 51.0 Å². The van der Waals surface area contributed by atoms with Gasteiger partial charge in [-0.1, -0.05) is 30.3 Å². The fourth-order valence-corrected chi connectivity index (χ4v) is 4.25. The van der Waals surface area contributed by atoms with Crippen molar-refractivity contribution in [1.82, 2.24) is 14.8 Å². The van der Waals surface area contributed by atoms with E-state index < -0.39 is 0 Å². The number of hydrogen-bond acceptors (Lipinski definition) is 3. The van der Waals surface area contributed by atoms with Gasteiger partial charge < -0.3 is 9.80 Å². The maximum absolute atomic E-state index is 12.9. The van der Waals surface area contributed by atoms with Crippen LogP contribution in [-0.2, 0) is 17.6 Å². The Morgan fingerprint density at radius 1 is 1.15 bits per heavy atom. The summed E-state index contributed by atoms with van der Waals surface area (Å²) in [5.74, 6) is 0.383. The topological polar surface area (TPSA) is 36.4 Å². The number of pyridine rings is 1. The van der Waals surface area contributed by atoms with Crippen molar-refractivity contribution in [2.45, 2.75) is 37.6 Å². The molecule has 1 unspecified atom stereocenters. The molecular weight excluding hydrogens is 322 g/mol. The Balaban J connectivity index is 1.26. The number of likely N-dealkylation sites (tertiary alicyclic amines) is 1. The molecule has 1 aliphatic carbocycles. The van der Waals surface area contributed by atoms with Crippen molar-refractivity contribution in [3.05, 3.63) is 65.5 Å².